The molecule has 6 nitrogen and oxygen atoms in total. The van der Waals surface area contributed by atoms with Gasteiger partial charge in [0.1, 0.15) is 6.26 Å². The van der Waals surface area contributed by atoms with Gasteiger partial charge in [0.15, 0.2) is 0 Å². The third kappa shape index (κ3) is 4.88. The molecule has 2 aliphatic heterocycles. The van der Waals surface area contributed by atoms with Gasteiger partial charge in [0.2, 0.25) is 5.91 Å². The first-order valence-electron chi connectivity index (χ1n) is 10.6. The van der Waals surface area contributed by atoms with E-state index in [1.54, 1.807) is 6.07 Å². The molecule has 2 fully saturated rings. The molecule has 2 aromatic rings. The lowest BCUT2D eigenvalue weighted by molar-refractivity contribution is -0.127. The maximum absolute atomic E-state index is 12.7. The summed E-state index contributed by atoms with van der Waals surface area (Å²) in [6.45, 7) is 3.97. The zero-order valence-corrected chi connectivity index (χ0v) is 16.8. The van der Waals surface area contributed by atoms with Crippen molar-refractivity contribution >= 4 is 11.8 Å². The number of nitrogens with one attached hydrogen (secondary N) is 1. The van der Waals surface area contributed by atoms with Crippen LogP contribution in [-0.2, 0) is 11.3 Å². The van der Waals surface area contributed by atoms with Gasteiger partial charge in [-0.15, -0.1) is 0 Å². The van der Waals surface area contributed by atoms with E-state index in [1.807, 2.05) is 35.2 Å². The van der Waals surface area contributed by atoms with Crippen LogP contribution < -0.4 is 5.32 Å². The van der Waals surface area contributed by atoms with E-state index in [4.69, 9.17) is 4.42 Å². The van der Waals surface area contributed by atoms with Crippen LogP contribution in [0.4, 0.5) is 0 Å². The van der Waals surface area contributed by atoms with E-state index >= 15 is 0 Å². The zero-order valence-electron chi connectivity index (χ0n) is 16.8. The molecular formula is C23H29N3O3. The van der Waals surface area contributed by atoms with Gasteiger partial charge in [-0.2, -0.15) is 0 Å². The van der Waals surface area contributed by atoms with Crippen LogP contribution in [0, 0.1) is 5.92 Å². The maximum Gasteiger partial charge on any atom is 0.257 e. The fourth-order valence-electron chi connectivity index (χ4n) is 4.48. The number of rotatable bonds is 5. The molecule has 3 heterocycles. The van der Waals surface area contributed by atoms with Crippen molar-refractivity contribution in [2.24, 2.45) is 5.92 Å². The highest BCUT2D eigenvalue weighted by Gasteiger charge is 2.32. The second-order valence-corrected chi connectivity index (χ2v) is 8.07. The smallest absolute Gasteiger partial charge is 0.257 e. The van der Waals surface area contributed by atoms with Crippen LogP contribution in [0.15, 0.2) is 53.3 Å². The second kappa shape index (κ2) is 9.27. The minimum atomic E-state index is 0.0500. The molecule has 2 aliphatic rings. The predicted octanol–water partition coefficient (Wildman–Crippen LogP) is 2.91. The third-order valence-electron chi connectivity index (χ3n) is 6.17. The van der Waals surface area contributed by atoms with Gasteiger partial charge in [-0.25, -0.2) is 0 Å². The summed E-state index contributed by atoms with van der Waals surface area (Å²) in [6, 6.07) is 12.2. The number of amides is 2. The Morgan fingerprint density at radius 3 is 2.55 bits per heavy atom. The normalized spacial score (nSPS) is 21.1. The quantitative estimate of drug-likeness (QED) is 0.845. The summed E-state index contributed by atoms with van der Waals surface area (Å²) in [5.74, 6) is 0.262. The molecule has 2 saturated heterocycles. The number of hydrogen-bond acceptors (Lipinski definition) is 4. The molecule has 29 heavy (non-hydrogen) atoms. The monoisotopic (exact) mass is 395 g/mol. The van der Waals surface area contributed by atoms with Gasteiger partial charge in [-0.3, -0.25) is 14.5 Å². The molecular weight excluding hydrogens is 366 g/mol. The zero-order chi connectivity index (χ0) is 20.1. The van der Waals surface area contributed by atoms with Crippen LogP contribution in [0.2, 0.25) is 0 Å². The lowest BCUT2D eigenvalue weighted by Gasteiger charge is -2.42. The van der Waals surface area contributed by atoms with Crippen molar-refractivity contribution in [3.05, 3.63) is 60.1 Å². The average molecular weight is 396 g/mol. The standard InChI is InChI=1S/C23H29N3O3/c27-22(24-15-18-5-2-1-3-6-18)19-7-4-11-26(16-19)21-8-12-25(13-9-21)23(28)20-10-14-29-17-20/h1-3,5-6,10,14,17,19,21H,4,7-9,11-13,15-16H2,(H,24,27)/t19-/m1/s1. The Kier molecular flexibility index (Phi) is 6.30. The Morgan fingerprint density at radius 2 is 1.83 bits per heavy atom. The molecule has 0 bridgehead atoms. The highest BCUT2D eigenvalue weighted by Crippen LogP contribution is 2.25. The third-order valence-corrected chi connectivity index (χ3v) is 6.17. The predicted molar refractivity (Wildman–Crippen MR) is 110 cm³/mol. The molecule has 0 saturated carbocycles. The summed E-state index contributed by atoms with van der Waals surface area (Å²) in [4.78, 5) is 29.5. The Hall–Kier alpha value is -2.60. The summed E-state index contributed by atoms with van der Waals surface area (Å²) < 4.78 is 5.03. The maximum atomic E-state index is 12.7. The van der Waals surface area contributed by atoms with Crippen molar-refractivity contribution in [2.75, 3.05) is 26.2 Å². The molecule has 1 aromatic heterocycles. The number of likely N-dealkylation sites (tertiary alicyclic amines) is 2. The Morgan fingerprint density at radius 1 is 1.03 bits per heavy atom. The number of benzene rings is 1. The number of hydrogen-bond donors (Lipinski definition) is 1. The molecule has 1 aromatic carbocycles. The molecule has 154 valence electrons. The Bertz CT molecular complexity index is 798. The van der Waals surface area contributed by atoms with Crippen LogP contribution in [0.5, 0.6) is 0 Å². The lowest BCUT2D eigenvalue weighted by atomic mass is 9.93. The number of carbonyl (C=O) groups is 2. The number of furan rings is 1. The fraction of sp³-hybridized carbons (Fsp3) is 0.478. The number of carbonyl (C=O) groups excluding carboxylic acids is 2. The molecule has 0 aliphatic carbocycles. The minimum Gasteiger partial charge on any atom is -0.472 e. The van der Waals surface area contributed by atoms with Crippen LogP contribution >= 0.6 is 0 Å². The van der Waals surface area contributed by atoms with Crippen LogP contribution in [0.1, 0.15) is 41.6 Å². The van der Waals surface area contributed by atoms with Gasteiger partial charge in [-0.1, -0.05) is 30.3 Å². The van der Waals surface area contributed by atoms with Gasteiger partial charge in [-0.05, 0) is 43.9 Å². The van der Waals surface area contributed by atoms with Crippen molar-refractivity contribution in [1.29, 1.82) is 0 Å². The number of piperidine rings is 2. The largest absolute Gasteiger partial charge is 0.472 e. The van der Waals surface area contributed by atoms with E-state index < -0.39 is 0 Å². The van der Waals surface area contributed by atoms with E-state index in [1.165, 1.54) is 12.5 Å². The number of nitrogens with zero attached hydrogens (tertiary/aromatic N) is 2. The highest BCUT2D eigenvalue weighted by atomic mass is 16.3. The minimum absolute atomic E-state index is 0.0500. The average Bonchev–Trinajstić information content (AvgIpc) is 3.33. The van der Waals surface area contributed by atoms with E-state index in [0.29, 0.717) is 18.2 Å². The van der Waals surface area contributed by atoms with Gasteiger partial charge < -0.3 is 14.6 Å². The molecule has 1 atom stereocenters. The topological polar surface area (TPSA) is 65.8 Å². The summed E-state index contributed by atoms with van der Waals surface area (Å²) in [5.41, 5.74) is 1.75. The second-order valence-electron chi connectivity index (χ2n) is 8.07. The van der Waals surface area contributed by atoms with Gasteiger partial charge in [0.25, 0.3) is 5.91 Å². The molecule has 0 spiro atoms. The van der Waals surface area contributed by atoms with Crippen LogP contribution in [-0.4, -0.2) is 53.8 Å². The molecule has 6 heteroatoms. The molecule has 2 amide bonds. The van der Waals surface area contributed by atoms with E-state index in [9.17, 15) is 9.59 Å². The van der Waals surface area contributed by atoms with E-state index in [-0.39, 0.29) is 17.7 Å². The first kappa shape index (κ1) is 19.7. The summed E-state index contributed by atoms with van der Waals surface area (Å²) in [5, 5.41) is 3.10. The molecule has 0 radical (unpaired) electrons. The summed E-state index contributed by atoms with van der Waals surface area (Å²) >= 11 is 0. The molecule has 0 unspecified atom stereocenters. The van der Waals surface area contributed by atoms with Crippen molar-refractivity contribution < 1.29 is 14.0 Å². The van der Waals surface area contributed by atoms with Crippen LogP contribution in [0.3, 0.4) is 0 Å². The fourth-order valence-corrected chi connectivity index (χ4v) is 4.48. The Balaban J connectivity index is 1.25. The van der Waals surface area contributed by atoms with Gasteiger partial charge in [0.05, 0.1) is 17.7 Å². The van der Waals surface area contributed by atoms with Crippen molar-refractivity contribution in [3.8, 4) is 0 Å². The highest BCUT2D eigenvalue weighted by molar-refractivity contribution is 5.93. The first-order valence-corrected chi connectivity index (χ1v) is 10.6. The van der Waals surface area contributed by atoms with Gasteiger partial charge in [0, 0.05) is 32.2 Å². The summed E-state index contributed by atoms with van der Waals surface area (Å²) in [7, 11) is 0. The first-order chi connectivity index (χ1) is 14.2. The Labute approximate surface area is 171 Å². The molecule has 4 rings (SSSR count). The lowest BCUT2D eigenvalue weighted by Crippen LogP contribution is -2.51. The van der Waals surface area contributed by atoms with E-state index in [0.717, 1.165) is 57.4 Å². The van der Waals surface area contributed by atoms with Crippen LogP contribution in [0.25, 0.3) is 0 Å². The molecule has 1 N–H and O–H groups in total. The summed E-state index contributed by atoms with van der Waals surface area (Å²) in [6.07, 6.45) is 6.98. The SMILES string of the molecule is O=C(NCc1ccccc1)[C@@H]1CCCN(C2CCN(C(=O)c3ccoc3)CC2)C1. The van der Waals surface area contributed by atoms with Crippen molar-refractivity contribution in [2.45, 2.75) is 38.3 Å². The van der Waals surface area contributed by atoms with Crippen molar-refractivity contribution in [1.82, 2.24) is 15.1 Å². The van der Waals surface area contributed by atoms with E-state index in [2.05, 4.69) is 10.2 Å². The van der Waals surface area contributed by atoms with Crippen molar-refractivity contribution in [3.63, 3.8) is 0 Å². The van der Waals surface area contributed by atoms with Gasteiger partial charge >= 0.3 is 0 Å².